The largest absolute Gasteiger partial charge is 0.322 e. The molecule has 2 N–H and O–H groups in total. The fourth-order valence-corrected chi connectivity index (χ4v) is 5.13. The van der Waals surface area contributed by atoms with Crippen LogP contribution in [0.25, 0.3) is 10.9 Å². The van der Waals surface area contributed by atoms with Gasteiger partial charge in [0.15, 0.2) is 0 Å². The molecule has 12 heteroatoms. The van der Waals surface area contributed by atoms with Gasteiger partial charge in [-0.1, -0.05) is 35.9 Å². The van der Waals surface area contributed by atoms with Crippen LogP contribution < -0.4 is 21.1 Å². The second-order valence-electron chi connectivity index (χ2n) is 9.81. The Balaban J connectivity index is 1.50. The number of amides is 4. The molecule has 0 spiro atoms. The number of piperidine rings is 1. The molecule has 4 amide bonds. The molecule has 0 bridgehead atoms. The fraction of sp³-hybridized carbons (Fsp3) is 0.200. The Bertz CT molecular complexity index is 1810. The maximum absolute atomic E-state index is 13.9. The lowest BCUT2D eigenvalue weighted by Gasteiger charge is -2.29. The van der Waals surface area contributed by atoms with Gasteiger partial charge >= 0.3 is 0 Å². The van der Waals surface area contributed by atoms with Crippen LogP contribution in [0.1, 0.15) is 42.0 Å². The number of nitrogens with zero attached hydrogens (tertiary/aromatic N) is 3. The van der Waals surface area contributed by atoms with Crippen LogP contribution in [-0.2, 0) is 14.4 Å². The van der Waals surface area contributed by atoms with E-state index < -0.39 is 47.1 Å². The summed E-state index contributed by atoms with van der Waals surface area (Å²) < 4.78 is 15.2. The number of hydrogen-bond acceptors (Lipinski definition) is 6. The third-order valence-corrected chi connectivity index (χ3v) is 7.36. The zero-order valence-electron chi connectivity index (χ0n) is 22.6. The van der Waals surface area contributed by atoms with Crippen molar-refractivity contribution in [1.82, 2.24) is 14.9 Å². The number of carbonyl (C=O) groups is 4. The average molecular weight is 590 g/mol. The molecule has 2 heterocycles. The van der Waals surface area contributed by atoms with Crippen molar-refractivity contribution in [2.75, 3.05) is 10.2 Å². The van der Waals surface area contributed by atoms with Gasteiger partial charge in [0.05, 0.1) is 16.1 Å². The molecule has 1 saturated heterocycles. The number of anilines is 2. The lowest BCUT2D eigenvalue weighted by Crippen LogP contribution is -2.46. The van der Waals surface area contributed by atoms with Gasteiger partial charge < -0.3 is 5.32 Å². The average Bonchev–Trinajstić information content (AvgIpc) is 2.97. The molecule has 0 saturated carbocycles. The van der Waals surface area contributed by atoms with Crippen LogP contribution in [0.2, 0.25) is 5.02 Å². The van der Waals surface area contributed by atoms with E-state index in [1.54, 1.807) is 49.4 Å². The Morgan fingerprint density at radius 3 is 2.52 bits per heavy atom. The monoisotopic (exact) mass is 589 g/mol. The molecular formula is C30H25ClFN5O5. The molecule has 2 atom stereocenters. The number of benzene rings is 3. The predicted octanol–water partition coefficient (Wildman–Crippen LogP) is 4.15. The molecule has 0 radical (unpaired) electrons. The number of nitrogens with one attached hydrogen (secondary N) is 2. The highest BCUT2D eigenvalue weighted by Gasteiger charge is 2.32. The van der Waals surface area contributed by atoms with Gasteiger partial charge in [-0.05, 0) is 62.7 Å². The molecule has 1 aromatic heterocycles. The zero-order chi connectivity index (χ0) is 30.1. The third-order valence-electron chi connectivity index (χ3n) is 7.07. The lowest BCUT2D eigenvalue weighted by molar-refractivity contribution is -0.135. The SMILES string of the molecule is Cc1nc2c(NC(=O)C(C)N(C(=O)c3ccccc3)c3ccc(F)c(Cl)c3)cccc2c(=O)n1C1CCC(=O)NC1=O. The molecular weight excluding hydrogens is 565 g/mol. The smallest absolute Gasteiger partial charge is 0.262 e. The summed E-state index contributed by atoms with van der Waals surface area (Å²) in [5, 5.41) is 4.94. The minimum atomic E-state index is -1.11. The standard InChI is InChI=1S/C30H25ClFN5O5/c1-16(36(19-11-12-22(32)21(31)15-19)29(41)18-7-4-3-5-8-18)27(39)34-23-10-6-9-20-26(23)33-17(2)37(30(20)42)24-13-14-25(38)35-28(24)40/h3-12,15-16,24H,13-14H2,1-2H3,(H,34,39)(H,35,38,40). The van der Waals surface area contributed by atoms with Gasteiger partial charge in [-0.3, -0.25) is 38.8 Å². The minimum Gasteiger partial charge on any atom is -0.322 e. The molecule has 3 aromatic carbocycles. The van der Waals surface area contributed by atoms with Gasteiger partial charge in [-0.2, -0.15) is 0 Å². The summed E-state index contributed by atoms with van der Waals surface area (Å²) in [4.78, 5) is 70.5. The Labute approximate surface area is 244 Å². The van der Waals surface area contributed by atoms with Crippen molar-refractivity contribution in [3.63, 3.8) is 0 Å². The first-order chi connectivity index (χ1) is 20.1. The van der Waals surface area contributed by atoms with E-state index in [2.05, 4.69) is 15.6 Å². The van der Waals surface area contributed by atoms with Crippen molar-refractivity contribution in [2.24, 2.45) is 0 Å². The molecule has 5 rings (SSSR count). The first-order valence-electron chi connectivity index (χ1n) is 13.1. The van der Waals surface area contributed by atoms with E-state index >= 15 is 0 Å². The Morgan fingerprint density at radius 1 is 1.10 bits per heavy atom. The topological polar surface area (TPSA) is 130 Å². The van der Waals surface area contributed by atoms with Crippen LogP contribution in [0.4, 0.5) is 15.8 Å². The number of rotatable bonds is 6. The normalized spacial score (nSPS) is 15.7. The minimum absolute atomic E-state index is 0.0891. The number of para-hydroxylation sites is 1. The summed E-state index contributed by atoms with van der Waals surface area (Å²) in [6, 6.07) is 14.7. The summed E-state index contributed by atoms with van der Waals surface area (Å²) in [6.45, 7) is 3.07. The molecule has 1 aliphatic heterocycles. The van der Waals surface area contributed by atoms with Crippen LogP contribution in [-0.4, -0.2) is 39.2 Å². The quantitative estimate of drug-likeness (QED) is 0.325. The van der Waals surface area contributed by atoms with Crippen LogP contribution in [0.3, 0.4) is 0 Å². The predicted molar refractivity (Wildman–Crippen MR) is 155 cm³/mol. The summed E-state index contributed by atoms with van der Waals surface area (Å²) in [7, 11) is 0. The van der Waals surface area contributed by atoms with Crippen molar-refractivity contribution in [3.8, 4) is 0 Å². The Hall–Kier alpha value is -4.90. The highest BCUT2D eigenvalue weighted by molar-refractivity contribution is 6.31. The summed E-state index contributed by atoms with van der Waals surface area (Å²) in [6.07, 6.45) is 0.247. The van der Waals surface area contributed by atoms with Crippen molar-refractivity contribution < 1.29 is 23.6 Å². The maximum Gasteiger partial charge on any atom is 0.262 e. The second-order valence-corrected chi connectivity index (χ2v) is 10.2. The van der Waals surface area contributed by atoms with Gasteiger partial charge in [0.25, 0.3) is 11.5 Å². The summed E-state index contributed by atoms with van der Waals surface area (Å²) in [5.41, 5.74) is 0.406. The molecule has 42 heavy (non-hydrogen) atoms. The number of aryl methyl sites for hydroxylation is 1. The third kappa shape index (κ3) is 5.38. The summed E-state index contributed by atoms with van der Waals surface area (Å²) in [5.74, 6) is -2.57. The van der Waals surface area contributed by atoms with Crippen LogP contribution in [0.15, 0.2) is 71.5 Å². The van der Waals surface area contributed by atoms with Gasteiger partial charge in [0.1, 0.15) is 29.2 Å². The Kier molecular flexibility index (Phi) is 7.86. The Morgan fingerprint density at radius 2 is 1.83 bits per heavy atom. The number of aromatic nitrogens is 2. The van der Waals surface area contributed by atoms with Crippen LogP contribution in [0.5, 0.6) is 0 Å². The molecule has 1 fully saturated rings. The van der Waals surface area contributed by atoms with Crippen molar-refractivity contribution in [2.45, 2.75) is 38.8 Å². The van der Waals surface area contributed by atoms with E-state index in [0.29, 0.717) is 5.56 Å². The second kappa shape index (κ2) is 11.5. The molecule has 2 unspecified atom stereocenters. The number of carbonyl (C=O) groups excluding carboxylic acids is 4. The maximum atomic E-state index is 13.9. The number of halogens is 2. The van der Waals surface area contributed by atoms with Crippen LogP contribution >= 0.6 is 11.6 Å². The molecule has 214 valence electrons. The number of imide groups is 1. The first-order valence-corrected chi connectivity index (χ1v) is 13.4. The van der Waals surface area contributed by atoms with Gasteiger partial charge in [-0.25, -0.2) is 9.37 Å². The molecule has 10 nitrogen and oxygen atoms in total. The fourth-order valence-electron chi connectivity index (χ4n) is 4.95. The van der Waals surface area contributed by atoms with Gasteiger partial charge in [0.2, 0.25) is 17.7 Å². The van der Waals surface area contributed by atoms with E-state index in [1.165, 1.54) is 34.6 Å². The van der Waals surface area contributed by atoms with Crippen molar-refractivity contribution in [1.29, 1.82) is 0 Å². The van der Waals surface area contributed by atoms with E-state index in [4.69, 9.17) is 11.6 Å². The van der Waals surface area contributed by atoms with Gasteiger partial charge in [-0.15, -0.1) is 0 Å². The lowest BCUT2D eigenvalue weighted by atomic mass is 10.1. The van der Waals surface area contributed by atoms with Crippen LogP contribution in [0, 0.1) is 12.7 Å². The summed E-state index contributed by atoms with van der Waals surface area (Å²) >= 11 is 6.01. The van der Waals surface area contributed by atoms with E-state index in [0.717, 1.165) is 6.07 Å². The van der Waals surface area contributed by atoms with E-state index in [9.17, 15) is 28.4 Å². The molecule has 0 aliphatic carbocycles. The zero-order valence-corrected chi connectivity index (χ0v) is 23.3. The van der Waals surface area contributed by atoms with E-state index in [-0.39, 0.29) is 46.0 Å². The number of hydrogen-bond donors (Lipinski definition) is 2. The van der Waals surface area contributed by atoms with Crippen molar-refractivity contribution in [3.05, 3.63) is 99.3 Å². The molecule has 4 aromatic rings. The van der Waals surface area contributed by atoms with Crippen molar-refractivity contribution >= 4 is 57.5 Å². The highest BCUT2D eigenvalue weighted by Crippen LogP contribution is 2.28. The van der Waals surface area contributed by atoms with Gasteiger partial charge in [0, 0.05) is 17.7 Å². The number of fused-ring (bicyclic) bond motifs is 1. The highest BCUT2D eigenvalue weighted by atomic mass is 35.5. The first kappa shape index (κ1) is 28.6. The van der Waals surface area contributed by atoms with E-state index in [1.807, 2.05) is 0 Å². The molecule has 1 aliphatic rings.